The van der Waals surface area contributed by atoms with Crippen molar-refractivity contribution in [2.75, 3.05) is 37.6 Å². The maximum Gasteiger partial charge on any atom is 0.225 e. The van der Waals surface area contributed by atoms with E-state index < -0.39 is 0 Å². The lowest BCUT2D eigenvalue weighted by Crippen LogP contribution is -2.51. The molecule has 0 aliphatic carbocycles. The summed E-state index contributed by atoms with van der Waals surface area (Å²) in [6.45, 7) is 11.8. The molecule has 0 bridgehead atoms. The van der Waals surface area contributed by atoms with Gasteiger partial charge in [0.15, 0.2) is 5.96 Å². The highest BCUT2D eigenvalue weighted by Crippen LogP contribution is 2.19. The number of benzene rings is 1. The van der Waals surface area contributed by atoms with Gasteiger partial charge in [0.25, 0.3) is 0 Å². The van der Waals surface area contributed by atoms with Crippen LogP contribution in [0.25, 0.3) is 0 Å². The SMILES string of the molecule is CCNC(=NCCNC(=O)C(C)(C)C)NC1CCCN(c2ccccc2)C1.I. The van der Waals surface area contributed by atoms with Crippen molar-refractivity contribution in [2.45, 2.75) is 46.6 Å². The maximum absolute atomic E-state index is 11.9. The van der Waals surface area contributed by atoms with Gasteiger partial charge in [-0.15, -0.1) is 24.0 Å². The van der Waals surface area contributed by atoms with Gasteiger partial charge < -0.3 is 20.9 Å². The molecule has 1 atom stereocenters. The third-order valence-electron chi connectivity index (χ3n) is 4.58. The van der Waals surface area contributed by atoms with Crippen LogP contribution in [0.1, 0.15) is 40.5 Å². The van der Waals surface area contributed by atoms with E-state index in [0.717, 1.165) is 38.4 Å². The van der Waals surface area contributed by atoms with Crippen LogP contribution < -0.4 is 20.9 Å². The van der Waals surface area contributed by atoms with Gasteiger partial charge in [0.1, 0.15) is 0 Å². The van der Waals surface area contributed by atoms with Crippen LogP contribution >= 0.6 is 24.0 Å². The summed E-state index contributed by atoms with van der Waals surface area (Å²) in [5.41, 5.74) is 0.908. The molecule has 1 aliphatic heterocycles. The molecule has 0 radical (unpaired) electrons. The lowest BCUT2D eigenvalue weighted by molar-refractivity contribution is -0.128. The average molecular weight is 501 g/mol. The Bertz CT molecular complexity index is 615. The zero-order valence-corrected chi connectivity index (χ0v) is 20.0. The molecule has 0 aromatic heterocycles. The molecule has 0 saturated carbocycles. The first kappa shape index (κ1) is 24.5. The number of para-hydroxylation sites is 1. The fraction of sp³-hybridized carbons (Fsp3) is 0.619. The quantitative estimate of drug-likeness (QED) is 0.243. The summed E-state index contributed by atoms with van der Waals surface area (Å²) in [5, 5.41) is 9.81. The average Bonchev–Trinajstić information content (AvgIpc) is 2.65. The Hall–Kier alpha value is -1.51. The molecule has 1 aliphatic rings. The van der Waals surface area contributed by atoms with Gasteiger partial charge >= 0.3 is 0 Å². The summed E-state index contributed by atoms with van der Waals surface area (Å²) in [6, 6.07) is 10.9. The topological polar surface area (TPSA) is 68.8 Å². The van der Waals surface area contributed by atoms with Crippen molar-refractivity contribution in [3.8, 4) is 0 Å². The number of guanidine groups is 1. The maximum atomic E-state index is 11.9. The standard InChI is InChI=1S/C21H35N5O.HI/c1-5-22-20(24-14-13-23-19(27)21(2,3)4)25-17-10-9-15-26(16-17)18-11-7-6-8-12-18;/h6-8,11-12,17H,5,9-10,13-16H2,1-4H3,(H,23,27)(H2,22,24,25);1H. The number of nitrogens with one attached hydrogen (secondary N) is 3. The summed E-state index contributed by atoms with van der Waals surface area (Å²) in [7, 11) is 0. The second kappa shape index (κ2) is 12.1. The number of hydrogen-bond donors (Lipinski definition) is 3. The molecule has 7 heteroatoms. The van der Waals surface area contributed by atoms with E-state index in [1.807, 2.05) is 20.8 Å². The molecule has 6 nitrogen and oxygen atoms in total. The molecule has 1 saturated heterocycles. The molecule has 158 valence electrons. The van der Waals surface area contributed by atoms with E-state index in [1.165, 1.54) is 5.69 Å². The molecule has 1 heterocycles. The van der Waals surface area contributed by atoms with Crippen LogP contribution in [0.3, 0.4) is 0 Å². The summed E-state index contributed by atoms with van der Waals surface area (Å²) in [4.78, 5) is 19.0. The zero-order chi connectivity index (χ0) is 19.7. The molecule has 1 aromatic rings. The Balaban J connectivity index is 0.00000392. The third kappa shape index (κ3) is 8.24. The number of hydrogen-bond acceptors (Lipinski definition) is 3. The fourth-order valence-electron chi connectivity index (χ4n) is 3.08. The molecule has 1 aromatic carbocycles. The summed E-state index contributed by atoms with van der Waals surface area (Å²) < 4.78 is 0. The van der Waals surface area contributed by atoms with Crippen molar-refractivity contribution in [1.82, 2.24) is 16.0 Å². The number of anilines is 1. The highest BCUT2D eigenvalue weighted by molar-refractivity contribution is 14.0. The minimum Gasteiger partial charge on any atom is -0.369 e. The van der Waals surface area contributed by atoms with Crippen molar-refractivity contribution in [1.29, 1.82) is 0 Å². The number of rotatable bonds is 6. The Morgan fingerprint density at radius 3 is 2.57 bits per heavy atom. The Morgan fingerprint density at radius 2 is 1.93 bits per heavy atom. The van der Waals surface area contributed by atoms with E-state index in [4.69, 9.17) is 0 Å². The normalized spacial score (nSPS) is 17.5. The molecular formula is C21H36IN5O. The highest BCUT2D eigenvalue weighted by atomic mass is 127. The Kier molecular flexibility index (Phi) is 10.6. The van der Waals surface area contributed by atoms with Gasteiger partial charge in [-0.05, 0) is 31.9 Å². The van der Waals surface area contributed by atoms with Crippen molar-refractivity contribution in [2.24, 2.45) is 10.4 Å². The van der Waals surface area contributed by atoms with Crippen LogP contribution in [0, 0.1) is 5.41 Å². The second-order valence-electron chi connectivity index (χ2n) is 8.03. The molecule has 1 amide bonds. The lowest BCUT2D eigenvalue weighted by Gasteiger charge is -2.35. The fourth-order valence-corrected chi connectivity index (χ4v) is 3.08. The van der Waals surface area contributed by atoms with Crippen molar-refractivity contribution in [3.05, 3.63) is 30.3 Å². The Labute approximate surface area is 187 Å². The molecule has 2 rings (SSSR count). The van der Waals surface area contributed by atoms with Crippen LogP contribution in [0.15, 0.2) is 35.3 Å². The van der Waals surface area contributed by atoms with E-state index >= 15 is 0 Å². The molecule has 0 spiro atoms. The lowest BCUT2D eigenvalue weighted by atomic mass is 9.96. The molecule has 3 N–H and O–H groups in total. The minimum absolute atomic E-state index is 0. The molecule has 1 unspecified atom stereocenters. The van der Waals surface area contributed by atoms with Crippen molar-refractivity contribution < 1.29 is 4.79 Å². The number of nitrogens with zero attached hydrogens (tertiary/aromatic N) is 2. The van der Waals surface area contributed by atoms with Gasteiger partial charge in [-0.25, -0.2) is 0 Å². The summed E-state index contributed by atoms with van der Waals surface area (Å²) in [6.07, 6.45) is 2.29. The smallest absolute Gasteiger partial charge is 0.225 e. The number of carbonyl (C=O) groups excluding carboxylic acids is 1. The zero-order valence-electron chi connectivity index (χ0n) is 17.6. The van der Waals surface area contributed by atoms with Crippen LogP contribution in [0.2, 0.25) is 0 Å². The summed E-state index contributed by atoms with van der Waals surface area (Å²) >= 11 is 0. The predicted molar refractivity (Wildman–Crippen MR) is 129 cm³/mol. The van der Waals surface area contributed by atoms with E-state index in [2.05, 4.69) is 63.1 Å². The van der Waals surface area contributed by atoms with Gasteiger partial charge in [-0.1, -0.05) is 39.0 Å². The first-order valence-corrected chi connectivity index (χ1v) is 10.0. The predicted octanol–water partition coefficient (Wildman–Crippen LogP) is 2.99. The number of halogens is 1. The number of amides is 1. The van der Waals surface area contributed by atoms with Gasteiger partial charge in [-0.3, -0.25) is 9.79 Å². The minimum atomic E-state index is -0.366. The van der Waals surface area contributed by atoms with Gasteiger partial charge in [0, 0.05) is 43.3 Å². The molecule has 28 heavy (non-hydrogen) atoms. The number of piperidine rings is 1. The largest absolute Gasteiger partial charge is 0.369 e. The highest BCUT2D eigenvalue weighted by Gasteiger charge is 2.21. The third-order valence-corrected chi connectivity index (χ3v) is 4.58. The van der Waals surface area contributed by atoms with Gasteiger partial charge in [0.05, 0.1) is 6.54 Å². The number of aliphatic imine (C=N–C) groups is 1. The van der Waals surface area contributed by atoms with E-state index in [9.17, 15) is 4.79 Å². The first-order chi connectivity index (χ1) is 12.9. The van der Waals surface area contributed by atoms with Crippen molar-refractivity contribution in [3.63, 3.8) is 0 Å². The van der Waals surface area contributed by atoms with Crippen LogP contribution in [-0.4, -0.2) is 50.6 Å². The van der Waals surface area contributed by atoms with Crippen LogP contribution in [0.5, 0.6) is 0 Å². The van der Waals surface area contributed by atoms with Crippen LogP contribution in [0.4, 0.5) is 5.69 Å². The Morgan fingerprint density at radius 1 is 1.21 bits per heavy atom. The van der Waals surface area contributed by atoms with Crippen molar-refractivity contribution >= 4 is 41.5 Å². The monoisotopic (exact) mass is 501 g/mol. The molecule has 1 fully saturated rings. The van der Waals surface area contributed by atoms with Gasteiger partial charge in [0.2, 0.25) is 5.91 Å². The number of carbonyl (C=O) groups is 1. The molecular weight excluding hydrogens is 465 g/mol. The first-order valence-electron chi connectivity index (χ1n) is 10.0. The van der Waals surface area contributed by atoms with Gasteiger partial charge in [-0.2, -0.15) is 0 Å². The summed E-state index contributed by atoms with van der Waals surface area (Å²) in [5.74, 6) is 0.879. The van der Waals surface area contributed by atoms with E-state index in [0.29, 0.717) is 19.1 Å². The second-order valence-corrected chi connectivity index (χ2v) is 8.03. The van der Waals surface area contributed by atoms with E-state index in [-0.39, 0.29) is 35.3 Å². The van der Waals surface area contributed by atoms with Crippen LogP contribution in [-0.2, 0) is 4.79 Å². The van der Waals surface area contributed by atoms with E-state index in [1.54, 1.807) is 0 Å².